The number of phenols is 1. The van der Waals surface area contributed by atoms with Crippen molar-refractivity contribution in [3.8, 4) is 5.75 Å². The van der Waals surface area contributed by atoms with Crippen LogP contribution in [0.4, 0.5) is 0 Å². The molecule has 0 bridgehead atoms. The smallest absolute Gasteiger partial charge is 0.123 e. The summed E-state index contributed by atoms with van der Waals surface area (Å²) in [6.07, 6.45) is 12.1. The van der Waals surface area contributed by atoms with E-state index >= 15 is 0 Å². The van der Waals surface area contributed by atoms with E-state index in [1.165, 1.54) is 37.7 Å². The van der Waals surface area contributed by atoms with Gasteiger partial charge in [-0.1, -0.05) is 26.0 Å². The van der Waals surface area contributed by atoms with Gasteiger partial charge in [0, 0.05) is 5.56 Å². The Morgan fingerprint density at radius 2 is 2.00 bits per heavy atom. The third-order valence-electron chi connectivity index (χ3n) is 7.69. The van der Waals surface area contributed by atoms with E-state index in [2.05, 4.69) is 19.9 Å². The molecule has 0 unspecified atom stereocenters. The average Bonchev–Trinajstić information content (AvgIpc) is 2.84. The van der Waals surface area contributed by atoms with E-state index in [0.717, 1.165) is 35.7 Å². The van der Waals surface area contributed by atoms with Crippen LogP contribution in [0, 0.1) is 23.2 Å². The highest BCUT2D eigenvalue weighted by Gasteiger charge is 2.53. The molecule has 23 heavy (non-hydrogen) atoms. The Bertz CT molecular complexity index is 644. The first-order chi connectivity index (χ1) is 11.0. The number of fused-ring (bicyclic) bond motifs is 5. The van der Waals surface area contributed by atoms with Crippen LogP contribution in [0.25, 0.3) is 6.08 Å². The zero-order chi connectivity index (χ0) is 16.2. The van der Waals surface area contributed by atoms with E-state index in [1.54, 1.807) is 5.56 Å². The molecule has 3 aliphatic carbocycles. The Labute approximate surface area is 140 Å². The summed E-state index contributed by atoms with van der Waals surface area (Å²) in [5, 5.41) is 10.3. The number of hydrogen-bond acceptors (Lipinski definition) is 1. The summed E-state index contributed by atoms with van der Waals surface area (Å²) in [4.78, 5) is 0. The van der Waals surface area contributed by atoms with Crippen molar-refractivity contribution >= 4 is 6.08 Å². The van der Waals surface area contributed by atoms with Crippen LogP contribution in [0.5, 0.6) is 5.75 Å². The lowest BCUT2D eigenvalue weighted by molar-refractivity contribution is 0.0336. The second-order valence-electron chi connectivity index (χ2n) is 8.55. The molecular formula is C22H30O. The van der Waals surface area contributed by atoms with Crippen molar-refractivity contribution in [1.82, 2.24) is 0 Å². The van der Waals surface area contributed by atoms with Crippen LogP contribution in [-0.4, -0.2) is 5.11 Å². The summed E-state index contributed by atoms with van der Waals surface area (Å²) in [7, 11) is 0. The van der Waals surface area contributed by atoms with Crippen molar-refractivity contribution in [2.75, 3.05) is 0 Å². The van der Waals surface area contributed by atoms with Crippen molar-refractivity contribution in [2.45, 2.75) is 65.2 Å². The van der Waals surface area contributed by atoms with Crippen molar-refractivity contribution in [3.63, 3.8) is 0 Å². The lowest BCUT2D eigenvalue weighted by Crippen LogP contribution is -2.41. The van der Waals surface area contributed by atoms with E-state index in [1.807, 2.05) is 25.1 Å². The summed E-state index contributed by atoms with van der Waals surface area (Å²) >= 11 is 0. The normalized spacial score (nSPS) is 39.1. The molecule has 0 heterocycles. The fraction of sp³-hybridized carbons (Fsp3) is 0.636. The molecule has 0 radical (unpaired) electrons. The topological polar surface area (TPSA) is 20.2 Å². The maximum atomic E-state index is 10.3. The quantitative estimate of drug-likeness (QED) is 0.683. The summed E-state index contributed by atoms with van der Waals surface area (Å²) in [5.74, 6) is 3.87. The second kappa shape index (κ2) is 5.40. The Morgan fingerprint density at radius 1 is 1.17 bits per heavy atom. The van der Waals surface area contributed by atoms with E-state index in [4.69, 9.17) is 0 Å². The second-order valence-corrected chi connectivity index (χ2v) is 8.55. The Balaban J connectivity index is 1.73. The molecule has 0 spiro atoms. The molecule has 1 aromatic carbocycles. The Kier molecular flexibility index (Phi) is 3.59. The van der Waals surface area contributed by atoms with Crippen molar-refractivity contribution in [3.05, 3.63) is 34.9 Å². The first kappa shape index (κ1) is 15.3. The largest absolute Gasteiger partial charge is 0.507 e. The van der Waals surface area contributed by atoms with E-state index in [0.29, 0.717) is 11.2 Å². The highest BCUT2D eigenvalue weighted by molar-refractivity contribution is 5.60. The SMILES string of the molecule is C/C=C\c1cc2c(cc1O)CC[C@@H]1[C@@H]2CC[C@]2(C)[C@@H](C)CC[C@@H]12. The van der Waals surface area contributed by atoms with Gasteiger partial charge in [0.15, 0.2) is 0 Å². The fourth-order valence-corrected chi connectivity index (χ4v) is 6.20. The number of rotatable bonds is 1. The molecule has 4 rings (SSSR count). The van der Waals surface area contributed by atoms with E-state index in [9.17, 15) is 5.11 Å². The van der Waals surface area contributed by atoms with E-state index in [-0.39, 0.29) is 0 Å². The van der Waals surface area contributed by atoms with Crippen molar-refractivity contribution in [2.24, 2.45) is 23.2 Å². The van der Waals surface area contributed by atoms with Gasteiger partial charge in [-0.15, -0.1) is 0 Å². The molecule has 124 valence electrons. The minimum Gasteiger partial charge on any atom is -0.507 e. The Hall–Kier alpha value is -1.24. The molecule has 1 heteroatoms. The van der Waals surface area contributed by atoms with Gasteiger partial charge in [0.2, 0.25) is 0 Å². The average molecular weight is 310 g/mol. The summed E-state index contributed by atoms with van der Waals surface area (Å²) in [5.41, 5.74) is 4.54. The number of phenolic OH excluding ortho intramolecular Hbond substituents is 1. The molecule has 2 saturated carbocycles. The molecule has 0 aliphatic heterocycles. The first-order valence-electron chi connectivity index (χ1n) is 9.53. The molecule has 0 aromatic heterocycles. The van der Waals surface area contributed by atoms with Crippen LogP contribution in [0.1, 0.15) is 75.5 Å². The number of aryl methyl sites for hydroxylation is 1. The van der Waals surface area contributed by atoms with Gasteiger partial charge in [-0.2, -0.15) is 0 Å². The minimum atomic E-state index is 0.454. The number of benzene rings is 1. The van der Waals surface area contributed by atoms with Gasteiger partial charge < -0.3 is 5.11 Å². The van der Waals surface area contributed by atoms with Gasteiger partial charge in [-0.3, -0.25) is 0 Å². The maximum absolute atomic E-state index is 10.3. The van der Waals surface area contributed by atoms with Crippen LogP contribution in [0.2, 0.25) is 0 Å². The summed E-state index contributed by atoms with van der Waals surface area (Å²) in [6.45, 7) is 7.08. The highest BCUT2D eigenvalue weighted by Crippen LogP contribution is 2.62. The minimum absolute atomic E-state index is 0.454. The predicted octanol–water partition coefficient (Wildman–Crippen LogP) is 5.92. The molecule has 3 aliphatic rings. The predicted molar refractivity (Wildman–Crippen MR) is 96.6 cm³/mol. The van der Waals surface area contributed by atoms with Crippen molar-refractivity contribution in [1.29, 1.82) is 0 Å². The number of aromatic hydroxyl groups is 1. The van der Waals surface area contributed by atoms with Gasteiger partial charge in [-0.25, -0.2) is 0 Å². The third-order valence-corrected chi connectivity index (χ3v) is 7.69. The summed E-state index contributed by atoms with van der Waals surface area (Å²) < 4.78 is 0. The van der Waals surface area contributed by atoms with Gasteiger partial charge in [-0.05, 0) is 97.8 Å². The molecule has 1 aromatic rings. The molecule has 2 fully saturated rings. The van der Waals surface area contributed by atoms with Crippen LogP contribution < -0.4 is 0 Å². The van der Waals surface area contributed by atoms with Gasteiger partial charge in [0.25, 0.3) is 0 Å². The maximum Gasteiger partial charge on any atom is 0.123 e. The van der Waals surface area contributed by atoms with Crippen molar-refractivity contribution < 1.29 is 5.11 Å². The lowest BCUT2D eigenvalue weighted by Gasteiger charge is -2.50. The van der Waals surface area contributed by atoms with Crippen LogP contribution in [0.15, 0.2) is 18.2 Å². The van der Waals surface area contributed by atoms with Crippen LogP contribution >= 0.6 is 0 Å². The molecule has 5 atom stereocenters. The zero-order valence-corrected chi connectivity index (χ0v) is 14.8. The number of hydrogen-bond donors (Lipinski definition) is 1. The standard InChI is InChI=1S/C22H30O/c1-4-5-16-12-19-15(13-21(16)23)7-8-18-17(19)10-11-22(3)14(2)6-9-20(18)22/h4-5,12-14,17-18,20,23H,6-11H2,1-3H3/b5-4-/t14-,17-,18+,20-,22+/m0/s1. The van der Waals surface area contributed by atoms with Gasteiger partial charge >= 0.3 is 0 Å². The molecule has 0 amide bonds. The molecule has 0 saturated heterocycles. The zero-order valence-electron chi connectivity index (χ0n) is 14.8. The lowest BCUT2D eigenvalue weighted by atomic mass is 9.54. The van der Waals surface area contributed by atoms with Gasteiger partial charge in [0.05, 0.1) is 0 Å². The fourth-order valence-electron chi connectivity index (χ4n) is 6.20. The molecular weight excluding hydrogens is 280 g/mol. The molecule has 1 nitrogen and oxygen atoms in total. The van der Waals surface area contributed by atoms with Crippen LogP contribution in [-0.2, 0) is 6.42 Å². The van der Waals surface area contributed by atoms with Gasteiger partial charge in [0.1, 0.15) is 5.75 Å². The monoisotopic (exact) mass is 310 g/mol. The molecule has 1 N–H and O–H groups in total. The summed E-state index contributed by atoms with van der Waals surface area (Å²) in [6, 6.07) is 4.34. The van der Waals surface area contributed by atoms with Crippen LogP contribution in [0.3, 0.4) is 0 Å². The van der Waals surface area contributed by atoms with E-state index < -0.39 is 0 Å². The highest BCUT2D eigenvalue weighted by atomic mass is 16.3. The number of allylic oxidation sites excluding steroid dienone is 1. The first-order valence-corrected chi connectivity index (χ1v) is 9.53. The third kappa shape index (κ3) is 2.19. The Morgan fingerprint density at radius 3 is 2.78 bits per heavy atom.